The molecule has 0 fully saturated rings. The number of carbonyl (C=O) groups excluding carboxylic acids is 9. The van der Waals surface area contributed by atoms with Gasteiger partial charge in [0.1, 0.15) is 48.3 Å². The fourth-order valence-electron chi connectivity index (χ4n) is 7.25. The van der Waals surface area contributed by atoms with E-state index in [0.29, 0.717) is 5.56 Å². The maximum Gasteiger partial charge on any atom is 0.328 e. The molecule has 0 aliphatic heterocycles. The number of nitrogens with two attached hydrogens (primary N) is 7. The molecule has 0 aliphatic carbocycles. The zero-order valence-corrected chi connectivity index (χ0v) is 43.1. The number of aliphatic carboxylic acids is 1. The molecule has 0 aromatic heterocycles. The van der Waals surface area contributed by atoms with Gasteiger partial charge in [0, 0.05) is 13.0 Å². The quantitative estimate of drug-likeness (QED) is 0.0297. The van der Waals surface area contributed by atoms with Crippen LogP contribution in [0.4, 0.5) is 0 Å². The van der Waals surface area contributed by atoms with Gasteiger partial charge in [-0.2, -0.15) is 0 Å². The van der Waals surface area contributed by atoms with Gasteiger partial charge < -0.3 is 103 Å². The van der Waals surface area contributed by atoms with Gasteiger partial charge in [-0.25, -0.2) is 4.79 Å². The van der Waals surface area contributed by atoms with Crippen LogP contribution < -0.4 is 88.0 Å². The van der Waals surface area contributed by atoms with Gasteiger partial charge in [-0.05, 0) is 96.6 Å². The predicted octanol–water partition coefficient (Wildman–Crippen LogP) is -8.49. The van der Waals surface area contributed by atoms with E-state index in [1.165, 1.54) is 6.92 Å². The number of aliphatic hydroxyl groups is 2. The number of amides is 9. The maximum absolute atomic E-state index is 14.3. The molecule has 12 atom stereocenters. The summed E-state index contributed by atoms with van der Waals surface area (Å²) < 4.78 is 0. The van der Waals surface area contributed by atoms with Gasteiger partial charge in [0.05, 0.1) is 18.2 Å². The van der Waals surface area contributed by atoms with Crippen LogP contribution in [0.2, 0.25) is 0 Å². The second-order valence-corrected chi connectivity index (χ2v) is 18.3. The van der Waals surface area contributed by atoms with Gasteiger partial charge in [-0.3, -0.25) is 43.2 Å². The van der Waals surface area contributed by atoms with Gasteiger partial charge in [0.25, 0.3) is 0 Å². The first-order chi connectivity index (χ1) is 35.4. The molecule has 424 valence electrons. The number of hydrogen-bond donors (Lipinski definition) is 19. The Bertz CT molecular complexity index is 2020. The maximum atomic E-state index is 14.3. The molecule has 1 rings (SSSR count). The summed E-state index contributed by atoms with van der Waals surface area (Å²) >= 11 is 0. The van der Waals surface area contributed by atoms with E-state index in [-0.39, 0.29) is 83.6 Å². The summed E-state index contributed by atoms with van der Waals surface area (Å²) in [6.07, 6.45) is -3.65. The van der Waals surface area contributed by atoms with Crippen LogP contribution in [-0.2, 0) is 54.4 Å². The van der Waals surface area contributed by atoms with Crippen molar-refractivity contribution in [3.63, 3.8) is 0 Å². The fraction of sp³-hybridized carbons (Fsp3) is 0.652. The molecule has 0 bridgehead atoms. The first-order valence-electron chi connectivity index (χ1n) is 24.7. The van der Waals surface area contributed by atoms with Crippen molar-refractivity contribution in [2.45, 2.75) is 145 Å². The molecule has 0 radical (unpaired) electrons. The normalized spacial score (nSPS) is 16.0. The lowest BCUT2D eigenvalue weighted by molar-refractivity contribution is -0.145. The van der Waals surface area contributed by atoms with E-state index in [2.05, 4.69) is 47.9 Å². The molecule has 9 amide bonds. The zero-order chi connectivity index (χ0) is 56.9. The van der Waals surface area contributed by atoms with Crippen LogP contribution in [0.15, 0.2) is 30.3 Å². The molecule has 26 N–H and O–H groups in total. The number of aliphatic hydroxyl groups excluding tert-OH is 2. The number of hydrogen-bond acceptors (Lipinski definition) is 19. The molecule has 0 heterocycles. The Morgan fingerprint density at radius 3 is 1.13 bits per heavy atom. The van der Waals surface area contributed by atoms with Crippen LogP contribution in [0.25, 0.3) is 0 Å². The van der Waals surface area contributed by atoms with Crippen LogP contribution in [0.1, 0.15) is 71.8 Å². The average molecular weight is 1070 g/mol. The SMILES string of the molecule is CC(C)C[C@H](NC(=O)[C@@H](Cc1ccccc1)NC(=O)[C@H](CCN)NC(=O)[C@H](CCN)NC(=O)[C@H](CN)NC(=O)[C@@H](NC(=O)[C@@H](N)CCN)[C@@H](C)O)C(=O)N[C@@H](CCN)C(=O)N[C@@H](CCN)C(=O)N[C@H](C(=O)O)[C@@H](C)O. The minimum Gasteiger partial charge on any atom is -0.480 e. The second-order valence-electron chi connectivity index (χ2n) is 18.3. The summed E-state index contributed by atoms with van der Waals surface area (Å²) in [4.78, 5) is 134. The summed E-state index contributed by atoms with van der Waals surface area (Å²) in [5, 5.41) is 51.6. The Kier molecular flexibility index (Phi) is 31.0. The summed E-state index contributed by atoms with van der Waals surface area (Å²) in [6.45, 7) is 4.89. The Balaban J connectivity index is 3.42. The second kappa shape index (κ2) is 34.9. The van der Waals surface area contributed by atoms with E-state index < -0.39 is 138 Å². The first kappa shape index (κ1) is 66.6. The Morgan fingerprint density at radius 2 is 0.760 bits per heavy atom. The largest absolute Gasteiger partial charge is 0.480 e. The third-order valence-electron chi connectivity index (χ3n) is 11.4. The number of carbonyl (C=O) groups is 10. The molecule has 29 heteroatoms. The molecule has 0 saturated carbocycles. The Morgan fingerprint density at radius 1 is 0.427 bits per heavy atom. The Hall–Kier alpha value is -6.44. The molecule has 75 heavy (non-hydrogen) atoms. The molecule has 1 aromatic carbocycles. The van der Waals surface area contributed by atoms with Crippen molar-refractivity contribution in [3.05, 3.63) is 35.9 Å². The zero-order valence-electron chi connectivity index (χ0n) is 43.1. The van der Waals surface area contributed by atoms with Crippen LogP contribution in [0, 0.1) is 5.92 Å². The van der Waals surface area contributed by atoms with Gasteiger partial charge in [0.2, 0.25) is 53.2 Å². The summed E-state index contributed by atoms with van der Waals surface area (Å²) in [6, 6.07) is -5.75. The summed E-state index contributed by atoms with van der Waals surface area (Å²) in [7, 11) is 0. The Labute approximate surface area is 435 Å². The van der Waals surface area contributed by atoms with Crippen molar-refractivity contribution < 1.29 is 63.3 Å². The van der Waals surface area contributed by atoms with E-state index in [4.69, 9.17) is 40.1 Å². The van der Waals surface area contributed by atoms with Crippen molar-refractivity contribution in [1.29, 1.82) is 0 Å². The third-order valence-corrected chi connectivity index (χ3v) is 11.4. The lowest BCUT2D eigenvalue weighted by Crippen LogP contribution is -2.62. The minimum atomic E-state index is -1.71. The summed E-state index contributed by atoms with van der Waals surface area (Å²) in [5.41, 5.74) is 40.7. The predicted molar refractivity (Wildman–Crippen MR) is 273 cm³/mol. The highest BCUT2D eigenvalue weighted by Gasteiger charge is 2.36. The molecule has 0 spiro atoms. The van der Waals surface area contributed by atoms with Crippen LogP contribution >= 0.6 is 0 Å². The standard InChI is InChI=1S/C46H82N16O13/c1-23(2)20-32(42(70)56-28(11-16-48)38(66)55-31(14-19-51)41(69)62-36(25(4)64)46(74)75)58-43(71)33(21-26-8-6-5-7-9-26)59-40(68)30(13-18-50)54-39(67)29(12-17-49)57-44(72)34(22-52)60-45(73)35(24(3)63)61-37(65)27(53)10-15-47/h5-9,23-25,27-36,63-64H,10-22,47-53H2,1-4H3,(H,54,67)(H,55,66)(H,56,70)(H,57,72)(H,58,71)(H,59,68)(H,60,73)(H,61,65)(H,62,69)(H,74,75)/t24-,25-,27+,28+,29+,30+,31+,32+,33-,34+,35+,36+/m1/s1. The molecular weight excluding hydrogens is 985 g/mol. The summed E-state index contributed by atoms with van der Waals surface area (Å²) in [5.74, 6) is -9.89. The van der Waals surface area contributed by atoms with E-state index in [1.54, 1.807) is 44.2 Å². The van der Waals surface area contributed by atoms with E-state index in [1.807, 2.05) is 0 Å². The number of nitrogens with one attached hydrogen (secondary N) is 9. The smallest absolute Gasteiger partial charge is 0.328 e. The van der Waals surface area contributed by atoms with Crippen molar-refractivity contribution in [3.8, 4) is 0 Å². The monoisotopic (exact) mass is 1070 g/mol. The first-order valence-corrected chi connectivity index (χ1v) is 24.7. The van der Waals surface area contributed by atoms with Gasteiger partial charge >= 0.3 is 5.97 Å². The van der Waals surface area contributed by atoms with Crippen LogP contribution in [0.3, 0.4) is 0 Å². The fourth-order valence-corrected chi connectivity index (χ4v) is 7.25. The third kappa shape index (κ3) is 23.8. The van der Waals surface area contributed by atoms with Crippen LogP contribution in [-0.4, -0.2) is 186 Å². The van der Waals surface area contributed by atoms with E-state index in [9.17, 15) is 63.3 Å². The van der Waals surface area contributed by atoms with Gasteiger partial charge in [0.15, 0.2) is 6.04 Å². The van der Waals surface area contributed by atoms with Crippen molar-refractivity contribution in [2.75, 3.05) is 39.3 Å². The average Bonchev–Trinajstić information content (AvgIpc) is 3.34. The lowest BCUT2D eigenvalue weighted by Gasteiger charge is -2.28. The minimum absolute atomic E-state index is 0.0190. The highest BCUT2D eigenvalue weighted by molar-refractivity contribution is 5.98. The molecule has 29 nitrogen and oxygen atoms in total. The molecule has 1 aromatic rings. The van der Waals surface area contributed by atoms with Crippen molar-refractivity contribution in [1.82, 2.24) is 47.9 Å². The number of carboxylic acid groups (broad SMARTS) is 1. The topological polar surface area (TPSA) is 522 Å². The van der Waals surface area contributed by atoms with E-state index >= 15 is 0 Å². The number of rotatable bonds is 36. The molecule has 0 saturated heterocycles. The highest BCUT2D eigenvalue weighted by Crippen LogP contribution is 2.11. The van der Waals surface area contributed by atoms with Crippen LogP contribution in [0.5, 0.6) is 0 Å². The van der Waals surface area contributed by atoms with Crippen molar-refractivity contribution >= 4 is 59.1 Å². The molecular formula is C46H82N16O13. The lowest BCUT2D eigenvalue weighted by atomic mass is 10.00. The van der Waals surface area contributed by atoms with Gasteiger partial charge in [-0.15, -0.1) is 0 Å². The number of carboxylic acids is 1. The molecule has 0 unspecified atom stereocenters. The highest BCUT2D eigenvalue weighted by atomic mass is 16.4. The number of benzene rings is 1. The van der Waals surface area contributed by atoms with Gasteiger partial charge in [-0.1, -0.05) is 44.2 Å². The molecule has 0 aliphatic rings. The van der Waals surface area contributed by atoms with E-state index in [0.717, 1.165) is 6.92 Å². The van der Waals surface area contributed by atoms with Crippen molar-refractivity contribution in [2.24, 2.45) is 46.1 Å².